The van der Waals surface area contributed by atoms with Gasteiger partial charge in [0.2, 0.25) is 10.0 Å². The third kappa shape index (κ3) is 3.86. The molecule has 1 aromatic heterocycles. The van der Waals surface area contributed by atoms with E-state index in [4.69, 9.17) is 0 Å². The molecule has 7 heteroatoms. The van der Waals surface area contributed by atoms with Gasteiger partial charge < -0.3 is 5.32 Å². The molecule has 0 spiro atoms. The molecule has 112 valence electrons. The Morgan fingerprint density at radius 2 is 2.20 bits per heavy atom. The first-order valence-electron chi connectivity index (χ1n) is 6.92. The van der Waals surface area contributed by atoms with Crippen molar-refractivity contribution in [2.75, 3.05) is 36.5 Å². The first kappa shape index (κ1) is 15.6. The van der Waals surface area contributed by atoms with Gasteiger partial charge >= 0.3 is 0 Å². The molecule has 1 saturated heterocycles. The molecule has 0 bridgehead atoms. The lowest BCUT2D eigenvalue weighted by Crippen LogP contribution is -2.33. The Balaban J connectivity index is 2.12. The summed E-state index contributed by atoms with van der Waals surface area (Å²) in [4.78, 5) is 4.46. The molecule has 0 aromatic carbocycles. The number of hydrogen-bond acceptors (Lipinski definition) is 5. The largest absolute Gasteiger partial charge is 0.370 e. The highest BCUT2D eigenvalue weighted by molar-refractivity contribution is 7.99. The maximum atomic E-state index is 12.5. The molecule has 5 nitrogen and oxygen atoms in total. The number of aromatic nitrogens is 1. The molecule has 0 amide bonds. The van der Waals surface area contributed by atoms with Gasteiger partial charge in [-0.05, 0) is 30.7 Å². The van der Waals surface area contributed by atoms with Gasteiger partial charge in [0.15, 0.2) is 0 Å². The Bertz CT molecular complexity index is 509. The van der Waals surface area contributed by atoms with Gasteiger partial charge in [0, 0.05) is 31.6 Å². The lowest BCUT2D eigenvalue weighted by atomic mass is 10.4. The molecule has 0 saturated carbocycles. The summed E-state index contributed by atoms with van der Waals surface area (Å²) in [6, 6.07) is 3.37. The third-order valence-electron chi connectivity index (χ3n) is 3.11. The molecular formula is C13H21N3O2S2. The van der Waals surface area contributed by atoms with Crippen LogP contribution in [0.4, 0.5) is 5.82 Å². The average molecular weight is 315 g/mol. The molecule has 1 aliphatic heterocycles. The summed E-state index contributed by atoms with van der Waals surface area (Å²) in [5.74, 6) is 2.62. The molecule has 2 heterocycles. The average Bonchev–Trinajstić information content (AvgIpc) is 2.75. The SMILES string of the molecule is CCCNc1ccc(S(=O)(=O)N2CCCSCC2)cn1. The van der Waals surface area contributed by atoms with Crippen LogP contribution in [-0.4, -0.2) is 48.8 Å². The Kier molecular flexibility index (Phi) is 5.68. The van der Waals surface area contributed by atoms with Gasteiger partial charge in [0.25, 0.3) is 0 Å². The summed E-state index contributed by atoms with van der Waals surface area (Å²) in [7, 11) is -3.39. The van der Waals surface area contributed by atoms with Crippen LogP contribution in [0.25, 0.3) is 0 Å². The van der Waals surface area contributed by atoms with Gasteiger partial charge in [-0.15, -0.1) is 0 Å². The lowest BCUT2D eigenvalue weighted by molar-refractivity contribution is 0.435. The van der Waals surface area contributed by atoms with Gasteiger partial charge in [0.1, 0.15) is 10.7 Å². The van der Waals surface area contributed by atoms with Crippen molar-refractivity contribution < 1.29 is 8.42 Å². The number of anilines is 1. The number of rotatable bonds is 5. The highest BCUT2D eigenvalue weighted by Gasteiger charge is 2.25. The minimum absolute atomic E-state index is 0.284. The zero-order valence-corrected chi connectivity index (χ0v) is 13.3. The molecule has 0 unspecified atom stereocenters. The van der Waals surface area contributed by atoms with Crippen LogP contribution in [0, 0.1) is 0 Å². The summed E-state index contributed by atoms with van der Waals surface area (Å²) in [6.07, 6.45) is 3.37. The molecule has 0 aliphatic carbocycles. The van der Waals surface area contributed by atoms with Gasteiger partial charge in [0.05, 0.1) is 0 Å². The first-order valence-corrected chi connectivity index (χ1v) is 9.52. The van der Waals surface area contributed by atoms with E-state index in [0.29, 0.717) is 13.1 Å². The highest BCUT2D eigenvalue weighted by Crippen LogP contribution is 2.20. The number of thioether (sulfide) groups is 1. The van der Waals surface area contributed by atoms with E-state index in [0.717, 1.165) is 36.7 Å². The number of sulfonamides is 1. The fraction of sp³-hybridized carbons (Fsp3) is 0.615. The minimum Gasteiger partial charge on any atom is -0.370 e. The van der Waals surface area contributed by atoms with Crippen molar-refractivity contribution in [2.24, 2.45) is 0 Å². The number of nitrogens with zero attached hydrogens (tertiary/aromatic N) is 2. The van der Waals surface area contributed by atoms with E-state index < -0.39 is 10.0 Å². The maximum Gasteiger partial charge on any atom is 0.244 e. The molecule has 1 N–H and O–H groups in total. The monoisotopic (exact) mass is 315 g/mol. The molecule has 1 aromatic rings. The second-order valence-electron chi connectivity index (χ2n) is 4.68. The topological polar surface area (TPSA) is 62.3 Å². The highest BCUT2D eigenvalue weighted by atomic mass is 32.2. The fourth-order valence-corrected chi connectivity index (χ4v) is 4.43. The third-order valence-corrected chi connectivity index (χ3v) is 6.04. The van der Waals surface area contributed by atoms with Crippen molar-refractivity contribution in [3.8, 4) is 0 Å². The van der Waals surface area contributed by atoms with Crippen LogP contribution < -0.4 is 5.32 Å². The minimum atomic E-state index is -3.39. The first-order chi connectivity index (χ1) is 9.64. The smallest absolute Gasteiger partial charge is 0.244 e. The van der Waals surface area contributed by atoms with Crippen molar-refractivity contribution in [1.29, 1.82) is 0 Å². The molecule has 20 heavy (non-hydrogen) atoms. The van der Waals surface area contributed by atoms with Crippen molar-refractivity contribution in [1.82, 2.24) is 9.29 Å². The van der Waals surface area contributed by atoms with Crippen LogP contribution in [0.3, 0.4) is 0 Å². The summed E-state index contributed by atoms with van der Waals surface area (Å²) in [6.45, 7) is 4.10. The van der Waals surface area contributed by atoms with E-state index >= 15 is 0 Å². The Labute approximate surface area is 125 Å². The van der Waals surface area contributed by atoms with Crippen LogP contribution >= 0.6 is 11.8 Å². The van der Waals surface area contributed by atoms with Crippen molar-refractivity contribution in [3.63, 3.8) is 0 Å². The zero-order chi connectivity index (χ0) is 14.4. The normalized spacial score (nSPS) is 17.6. The van der Waals surface area contributed by atoms with E-state index in [1.165, 1.54) is 6.20 Å². The summed E-state index contributed by atoms with van der Waals surface area (Å²) >= 11 is 1.81. The van der Waals surface area contributed by atoms with Crippen LogP contribution in [0.1, 0.15) is 19.8 Å². The van der Waals surface area contributed by atoms with E-state index in [1.807, 2.05) is 11.8 Å². The fourth-order valence-electron chi connectivity index (χ4n) is 2.00. The van der Waals surface area contributed by atoms with E-state index in [-0.39, 0.29) is 4.90 Å². The predicted molar refractivity (Wildman–Crippen MR) is 83.7 cm³/mol. The van der Waals surface area contributed by atoms with Crippen LogP contribution in [0.2, 0.25) is 0 Å². The summed E-state index contributed by atoms with van der Waals surface area (Å²) in [5.41, 5.74) is 0. The number of pyridine rings is 1. The standard InChI is InChI=1S/C13H21N3O2S2/c1-2-6-14-13-5-4-12(11-15-13)20(17,18)16-7-3-9-19-10-8-16/h4-5,11H,2-3,6-10H2,1H3,(H,14,15). The molecule has 2 rings (SSSR count). The van der Waals surface area contributed by atoms with Gasteiger partial charge in [-0.3, -0.25) is 0 Å². The molecule has 0 atom stereocenters. The van der Waals surface area contributed by atoms with Crippen molar-refractivity contribution in [3.05, 3.63) is 18.3 Å². The molecule has 0 radical (unpaired) electrons. The lowest BCUT2D eigenvalue weighted by Gasteiger charge is -2.19. The van der Waals surface area contributed by atoms with Crippen molar-refractivity contribution >= 4 is 27.6 Å². The van der Waals surface area contributed by atoms with Crippen LogP contribution in [0.15, 0.2) is 23.2 Å². The Hall–Kier alpha value is -0.790. The summed E-state index contributed by atoms with van der Waals surface area (Å²) in [5, 5.41) is 3.14. The maximum absolute atomic E-state index is 12.5. The summed E-state index contributed by atoms with van der Waals surface area (Å²) < 4.78 is 26.6. The van der Waals surface area contributed by atoms with Crippen molar-refractivity contribution in [2.45, 2.75) is 24.7 Å². The number of nitrogens with one attached hydrogen (secondary N) is 1. The van der Waals surface area contributed by atoms with E-state index in [2.05, 4.69) is 17.2 Å². The Morgan fingerprint density at radius 3 is 2.90 bits per heavy atom. The van der Waals surface area contributed by atoms with Crippen LogP contribution in [0.5, 0.6) is 0 Å². The molecule has 1 aliphatic rings. The quantitative estimate of drug-likeness (QED) is 0.901. The number of hydrogen-bond donors (Lipinski definition) is 1. The second-order valence-corrected chi connectivity index (χ2v) is 7.84. The Morgan fingerprint density at radius 1 is 1.35 bits per heavy atom. The second kappa shape index (κ2) is 7.28. The van der Waals surface area contributed by atoms with Gasteiger partial charge in [-0.1, -0.05) is 6.92 Å². The van der Waals surface area contributed by atoms with E-state index in [9.17, 15) is 8.42 Å². The molecular weight excluding hydrogens is 294 g/mol. The zero-order valence-electron chi connectivity index (χ0n) is 11.7. The van der Waals surface area contributed by atoms with Crippen LogP contribution in [-0.2, 0) is 10.0 Å². The molecule has 1 fully saturated rings. The predicted octanol–water partition coefficient (Wildman–Crippen LogP) is 2.03. The van der Waals surface area contributed by atoms with Gasteiger partial charge in [-0.2, -0.15) is 16.1 Å². The van der Waals surface area contributed by atoms with Gasteiger partial charge in [-0.25, -0.2) is 13.4 Å². The van der Waals surface area contributed by atoms with E-state index in [1.54, 1.807) is 16.4 Å².